The number of nitrogens with two attached hydrogens (primary N) is 1. The molecule has 1 rings (SSSR count). The van der Waals surface area contributed by atoms with Gasteiger partial charge < -0.3 is 15.4 Å². The minimum atomic E-state index is -2.96. The molecule has 6 heteroatoms. The van der Waals surface area contributed by atoms with Crippen LogP contribution in [0.5, 0.6) is 0 Å². The zero-order valence-corrected chi connectivity index (χ0v) is 10.5. The fraction of sp³-hybridized carbons (Fsp3) is 1.00. The maximum absolute atomic E-state index is 11.6. The first kappa shape index (κ1) is 13.9. The molecule has 96 valence electrons. The molecule has 1 aliphatic rings. The van der Waals surface area contributed by atoms with Crippen molar-refractivity contribution in [1.82, 2.24) is 4.90 Å². The summed E-state index contributed by atoms with van der Waals surface area (Å²) in [5, 5.41) is 0. The highest BCUT2D eigenvalue weighted by Gasteiger charge is 2.16. The lowest BCUT2D eigenvalue weighted by Gasteiger charge is -2.14. The highest BCUT2D eigenvalue weighted by atomic mass is 32.2. The predicted molar refractivity (Wildman–Crippen MR) is 64.2 cm³/mol. The molecule has 1 fully saturated rings. The van der Waals surface area contributed by atoms with Crippen LogP contribution in [0.4, 0.5) is 0 Å². The molecule has 16 heavy (non-hydrogen) atoms. The van der Waals surface area contributed by atoms with Crippen LogP contribution >= 0.6 is 0 Å². The second kappa shape index (κ2) is 7.21. The minimum Gasteiger partial charge on any atom is -0.379 e. The standard InChI is InChI=1S/C10H22N2O3S/c11-3-7-15-8-10-16(13,14)9-6-12-4-1-2-5-12/h1-11H2. The van der Waals surface area contributed by atoms with Crippen molar-refractivity contribution in [3.05, 3.63) is 0 Å². The van der Waals surface area contributed by atoms with Gasteiger partial charge in [0.05, 0.1) is 24.7 Å². The third-order valence-electron chi connectivity index (χ3n) is 2.72. The Bertz CT molecular complexity index is 274. The van der Waals surface area contributed by atoms with Crippen LogP contribution in [0.25, 0.3) is 0 Å². The van der Waals surface area contributed by atoms with Gasteiger partial charge in [-0.3, -0.25) is 0 Å². The number of likely N-dealkylation sites (tertiary alicyclic amines) is 1. The molecular formula is C10H22N2O3S. The van der Waals surface area contributed by atoms with E-state index in [9.17, 15) is 8.42 Å². The van der Waals surface area contributed by atoms with Crippen LogP contribution < -0.4 is 5.73 Å². The number of sulfone groups is 1. The molecule has 0 saturated carbocycles. The quantitative estimate of drug-likeness (QED) is 0.586. The summed E-state index contributed by atoms with van der Waals surface area (Å²) in [4.78, 5) is 2.21. The van der Waals surface area contributed by atoms with E-state index in [1.165, 1.54) is 12.8 Å². The molecule has 0 aromatic carbocycles. The fourth-order valence-corrected chi connectivity index (χ4v) is 2.86. The molecule has 0 aliphatic carbocycles. The predicted octanol–water partition coefficient (Wildman–Crippen LogP) is -0.528. The molecule has 0 amide bonds. The monoisotopic (exact) mass is 250 g/mol. The van der Waals surface area contributed by atoms with Gasteiger partial charge in [0.2, 0.25) is 0 Å². The van der Waals surface area contributed by atoms with E-state index in [1.807, 2.05) is 0 Å². The van der Waals surface area contributed by atoms with E-state index in [4.69, 9.17) is 10.5 Å². The molecular weight excluding hydrogens is 228 g/mol. The molecule has 0 atom stereocenters. The van der Waals surface area contributed by atoms with Gasteiger partial charge in [0, 0.05) is 13.1 Å². The second-order valence-electron chi connectivity index (χ2n) is 4.10. The minimum absolute atomic E-state index is 0.112. The molecule has 0 bridgehead atoms. The van der Waals surface area contributed by atoms with Crippen LogP contribution in [0.1, 0.15) is 12.8 Å². The lowest BCUT2D eigenvalue weighted by molar-refractivity contribution is 0.157. The average Bonchev–Trinajstić information content (AvgIpc) is 2.75. The summed E-state index contributed by atoms with van der Waals surface area (Å²) < 4.78 is 28.3. The van der Waals surface area contributed by atoms with Gasteiger partial charge in [-0.05, 0) is 25.9 Å². The Balaban J connectivity index is 2.12. The van der Waals surface area contributed by atoms with Crippen molar-refractivity contribution in [3.63, 3.8) is 0 Å². The number of ether oxygens (including phenoxy) is 1. The second-order valence-corrected chi connectivity index (χ2v) is 6.41. The summed E-state index contributed by atoms with van der Waals surface area (Å²) in [5.74, 6) is 0.361. The smallest absolute Gasteiger partial charge is 0.153 e. The topological polar surface area (TPSA) is 72.6 Å². The highest BCUT2D eigenvalue weighted by molar-refractivity contribution is 7.91. The Labute approximate surface area is 97.9 Å². The number of nitrogens with zero attached hydrogens (tertiary/aromatic N) is 1. The van der Waals surface area contributed by atoms with Crippen molar-refractivity contribution in [2.45, 2.75) is 12.8 Å². The first-order chi connectivity index (χ1) is 7.64. The van der Waals surface area contributed by atoms with E-state index >= 15 is 0 Å². The molecule has 0 radical (unpaired) electrons. The number of rotatable bonds is 8. The molecule has 0 spiro atoms. The normalized spacial score (nSPS) is 18.1. The maximum atomic E-state index is 11.6. The molecule has 0 aromatic heterocycles. The van der Waals surface area contributed by atoms with Crippen molar-refractivity contribution in [1.29, 1.82) is 0 Å². The number of hydrogen-bond acceptors (Lipinski definition) is 5. The van der Waals surface area contributed by atoms with Crippen molar-refractivity contribution >= 4 is 9.84 Å². The van der Waals surface area contributed by atoms with Gasteiger partial charge >= 0.3 is 0 Å². The SMILES string of the molecule is NCCOCCS(=O)(=O)CCN1CCCC1. The summed E-state index contributed by atoms with van der Waals surface area (Å²) in [6, 6.07) is 0. The molecule has 1 heterocycles. The van der Waals surface area contributed by atoms with Gasteiger partial charge in [-0.2, -0.15) is 0 Å². The van der Waals surface area contributed by atoms with E-state index in [1.54, 1.807) is 0 Å². The zero-order valence-electron chi connectivity index (χ0n) is 9.73. The summed E-state index contributed by atoms with van der Waals surface area (Å²) in [6.07, 6.45) is 2.39. The summed E-state index contributed by atoms with van der Waals surface area (Å²) in [6.45, 7) is 3.88. The van der Waals surface area contributed by atoms with E-state index in [0.29, 0.717) is 19.7 Å². The van der Waals surface area contributed by atoms with E-state index in [0.717, 1.165) is 13.1 Å². The van der Waals surface area contributed by atoms with Crippen LogP contribution in [0.3, 0.4) is 0 Å². The van der Waals surface area contributed by atoms with E-state index in [-0.39, 0.29) is 18.1 Å². The van der Waals surface area contributed by atoms with Crippen LogP contribution in [0.2, 0.25) is 0 Å². The Morgan fingerprint density at radius 1 is 1.12 bits per heavy atom. The van der Waals surface area contributed by atoms with Crippen LogP contribution in [0.15, 0.2) is 0 Å². The van der Waals surface area contributed by atoms with Crippen molar-refractivity contribution in [3.8, 4) is 0 Å². The molecule has 1 aliphatic heterocycles. The average molecular weight is 250 g/mol. The van der Waals surface area contributed by atoms with Gasteiger partial charge in [0.15, 0.2) is 9.84 Å². The molecule has 0 unspecified atom stereocenters. The van der Waals surface area contributed by atoms with Gasteiger partial charge in [-0.25, -0.2) is 8.42 Å². The Morgan fingerprint density at radius 3 is 2.44 bits per heavy atom. The lowest BCUT2D eigenvalue weighted by atomic mass is 10.4. The van der Waals surface area contributed by atoms with Gasteiger partial charge in [0.25, 0.3) is 0 Å². The highest BCUT2D eigenvalue weighted by Crippen LogP contribution is 2.07. The maximum Gasteiger partial charge on any atom is 0.153 e. The van der Waals surface area contributed by atoms with Gasteiger partial charge in [-0.1, -0.05) is 0 Å². The third-order valence-corrected chi connectivity index (χ3v) is 4.31. The molecule has 2 N–H and O–H groups in total. The van der Waals surface area contributed by atoms with Crippen LogP contribution in [-0.4, -0.2) is 64.2 Å². The Morgan fingerprint density at radius 2 is 1.81 bits per heavy atom. The molecule has 5 nitrogen and oxygen atoms in total. The first-order valence-electron chi connectivity index (χ1n) is 5.84. The van der Waals surface area contributed by atoms with Crippen LogP contribution in [0, 0.1) is 0 Å². The molecule has 1 saturated heterocycles. The van der Waals surface area contributed by atoms with E-state index < -0.39 is 9.84 Å². The Kier molecular flexibility index (Phi) is 6.26. The van der Waals surface area contributed by atoms with Crippen molar-refractivity contribution < 1.29 is 13.2 Å². The summed E-state index contributed by atoms with van der Waals surface area (Å²) in [5.41, 5.74) is 5.24. The van der Waals surface area contributed by atoms with Gasteiger partial charge in [-0.15, -0.1) is 0 Å². The Hall–Kier alpha value is -0.170. The first-order valence-corrected chi connectivity index (χ1v) is 7.67. The van der Waals surface area contributed by atoms with Crippen molar-refractivity contribution in [2.24, 2.45) is 5.73 Å². The van der Waals surface area contributed by atoms with Crippen molar-refractivity contribution in [2.75, 3.05) is 50.9 Å². The largest absolute Gasteiger partial charge is 0.379 e. The van der Waals surface area contributed by atoms with Gasteiger partial charge in [0.1, 0.15) is 0 Å². The number of hydrogen-bond donors (Lipinski definition) is 1. The molecule has 0 aromatic rings. The van der Waals surface area contributed by atoms with E-state index in [2.05, 4.69) is 4.90 Å². The zero-order chi connectivity index (χ0) is 11.9. The lowest BCUT2D eigenvalue weighted by Crippen LogP contribution is -2.28. The summed E-state index contributed by atoms with van der Waals surface area (Å²) in [7, 11) is -2.96. The van der Waals surface area contributed by atoms with Crippen LogP contribution in [-0.2, 0) is 14.6 Å². The summed E-state index contributed by atoms with van der Waals surface area (Å²) >= 11 is 0. The third kappa shape index (κ3) is 5.79. The fourth-order valence-electron chi connectivity index (χ4n) is 1.75.